The fourth-order valence-electron chi connectivity index (χ4n) is 2.09. The Labute approximate surface area is 90.5 Å². The van der Waals surface area contributed by atoms with E-state index in [9.17, 15) is 0 Å². The Balaban J connectivity index is 2.90. The molecule has 0 amide bonds. The maximum atomic E-state index is 6.16. The van der Waals surface area contributed by atoms with Crippen molar-refractivity contribution in [3.63, 3.8) is 0 Å². The number of rotatable bonds is 2. The minimum Gasteiger partial charge on any atom is -0.416 e. The maximum Gasteiger partial charge on any atom is 0.320 e. The molecule has 0 radical (unpaired) electrons. The molecule has 3 nitrogen and oxygen atoms in total. The van der Waals surface area contributed by atoms with Gasteiger partial charge in [0.15, 0.2) is 0 Å². The Morgan fingerprint density at radius 3 is 1.36 bits per heavy atom. The third kappa shape index (κ3) is 2.77. The summed E-state index contributed by atoms with van der Waals surface area (Å²) in [7, 11) is -5.71. The second-order valence-electron chi connectivity index (χ2n) is 4.72. The van der Waals surface area contributed by atoms with E-state index in [4.69, 9.17) is 12.3 Å². The van der Waals surface area contributed by atoms with Crippen molar-refractivity contribution in [2.75, 3.05) is 0 Å². The summed E-state index contributed by atoms with van der Waals surface area (Å²) in [5.74, 6) is 0. The Morgan fingerprint density at radius 2 is 1.07 bits per heavy atom. The van der Waals surface area contributed by atoms with Crippen LogP contribution in [0.5, 0.6) is 0 Å². The van der Waals surface area contributed by atoms with Gasteiger partial charge < -0.3 is 12.3 Å². The smallest absolute Gasteiger partial charge is 0.320 e. The van der Waals surface area contributed by atoms with Crippen molar-refractivity contribution < 1.29 is 12.3 Å². The summed E-state index contributed by atoms with van der Waals surface area (Å²) in [5, 5.41) is 0. The van der Waals surface area contributed by atoms with Crippen LogP contribution in [0.3, 0.4) is 0 Å². The molecule has 0 atom stereocenters. The van der Waals surface area contributed by atoms with Crippen LogP contribution >= 0.6 is 0 Å². The standard InChI is InChI=1S/C8H22O3Si3/c1-7-14(8-2)10-12(3,4)9-13(5,6)11-14/h7-8H2,1-6H3. The molecular weight excluding hydrogens is 228 g/mol. The van der Waals surface area contributed by atoms with Gasteiger partial charge in [-0.2, -0.15) is 0 Å². The highest BCUT2D eigenvalue weighted by Gasteiger charge is 2.53. The molecule has 1 rings (SSSR count). The van der Waals surface area contributed by atoms with Crippen LogP contribution in [-0.2, 0) is 12.3 Å². The molecule has 0 N–H and O–H groups in total. The molecule has 6 heteroatoms. The largest absolute Gasteiger partial charge is 0.416 e. The quantitative estimate of drug-likeness (QED) is 0.705. The van der Waals surface area contributed by atoms with Crippen LogP contribution < -0.4 is 0 Å². The minimum absolute atomic E-state index is 1.04. The number of hydrogen-bond acceptors (Lipinski definition) is 3. The third-order valence-electron chi connectivity index (χ3n) is 2.43. The molecule has 1 heterocycles. The second kappa shape index (κ2) is 3.84. The molecular formula is C8H22O3Si3. The molecule has 0 aromatic rings. The molecule has 14 heavy (non-hydrogen) atoms. The van der Waals surface area contributed by atoms with Crippen molar-refractivity contribution in [1.29, 1.82) is 0 Å². The highest BCUT2D eigenvalue weighted by atomic mass is 28.5. The first-order valence-electron chi connectivity index (χ1n) is 5.35. The lowest BCUT2D eigenvalue weighted by Crippen LogP contribution is -2.66. The molecule has 1 fully saturated rings. The lowest BCUT2D eigenvalue weighted by molar-refractivity contribution is 0.229. The second-order valence-corrected chi connectivity index (χ2v) is 16.0. The van der Waals surface area contributed by atoms with Gasteiger partial charge in [-0.3, -0.25) is 0 Å². The highest BCUT2D eigenvalue weighted by molar-refractivity contribution is 6.93. The Kier molecular flexibility index (Phi) is 3.45. The van der Waals surface area contributed by atoms with Crippen LogP contribution in [0.1, 0.15) is 13.8 Å². The topological polar surface area (TPSA) is 27.7 Å². The zero-order chi connectivity index (χ0) is 11.0. The molecule has 0 saturated carbocycles. The third-order valence-corrected chi connectivity index (χ3v) is 15.4. The van der Waals surface area contributed by atoms with Crippen LogP contribution in [-0.4, -0.2) is 25.7 Å². The van der Waals surface area contributed by atoms with Crippen LogP contribution in [0.4, 0.5) is 0 Å². The molecule has 84 valence electrons. The van der Waals surface area contributed by atoms with E-state index >= 15 is 0 Å². The van der Waals surface area contributed by atoms with E-state index in [2.05, 4.69) is 40.0 Å². The Morgan fingerprint density at radius 1 is 0.714 bits per heavy atom. The fourth-order valence-corrected chi connectivity index (χ4v) is 18.4. The van der Waals surface area contributed by atoms with E-state index in [1.165, 1.54) is 0 Å². The summed E-state index contributed by atoms with van der Waals surface area (Å²) in [6.45, 7) is 12.9. The summed E-state index contributed by atoms with van der Waals surface area (Å²) in [4.78, 5) is 0. The van der Waals surface area contributed by atoms with Crippen molar-refractivity contribution in [2.24, 2.45) is 0 Å². The van der Waals surface area contributed by atoms with Gasteiger partial charge in [0.25, 0.3) is 0 Å². The van der Waals surface area contributed by atoms with Gasteiger partial charge in [-0.05, 0) is 38.3 Å². The van der Waals surface area contributed by atoms with Gasteiger partial charge in [0.1, 0.15) is 0 Å². The van der Waals surface area contributed by atoms with E-state index in [-0.39, 0.29) is 0 Å². The predicted molar refractivity (Wildman–Crippen MR) is 64.9 cm³/mol. The van der Waals surface area contributed by atoms with Gasteiger partial charge in [0, 0.05) is 0 Å². The van der Waals surface area contributed by atoms with Crippen LogP contribution in [0.2, 0.25) is 38.3 Å². The van der Waals surface area contributed by atoms with Gasteiger partial charge in [-0.1, -0.05) is 13.8 Å². The van der Waals surface area contributed by atoms with Crippen molar-refractivity contribution in [2.45, 2.75) is 52.1 Å². The molecule has 0 aromatic carbocycles. The molecule has 1 aliphatic heterocycles. The normalized spacial score (nSPS) is 28.7. The van der Waals surface area contributed by atoms with Crippen molar-refractivity contribution in [3.05, 3.63) is 0 Å². The first kappa shape index (κ1) is 12.6. The zero-order valence-corrected chi connectivity index (χ0v) is 13.1. The first-order valence-corrected chi connectivity index (χ1v) is 13.2. The predicted octanol–water partition coefficient (Wildman–Crippen LogP) is 2.94. The summed E-state index contributed by atoms with van der Waals surface area (Å²) in [5.41, 5.74) is 0. The van der Waals surface area contributed by atoms with Gasteiger partial charge in [0.05, 0.1) is 0 Å². The fraction of sp³-hybridized carbons (Fsp3) is 1.00. The van der Waals surface area contributed by atoms with Gasteiger partial charge in [0.2, 0.25) is 0 Å². The average Bonchev–Trinajstić information content (AvgIpc) is 1.98. The summed E-state index contributed by atoms with van der Waals surface area (Å²) in [6.07, 6.45) is 0. The number of hydrogen-bond donors (Lipinski definition) is 0. The monoisotopic (exact) mass is 250 g/mol. The van der Waals surface area contributed by atoms with Crippen LogP contribution in [0.15, 0.2) is 0 Å². The van der Waals surface area contributed by atoms with Gasteiger partial charge >= 0.3 is 25.7 Å². The Bertz CT molecular complexity index is 196. The lowest BCUT2D eigenvalue weighted by atomic mass is 10.9. The molecule has 0 spiro atoms. The molecule has 0 unspecified atom stereocenters. The molecule has 0 bridgehead atoms. The minimum atomic E-state index is -1.90. The molecule has 0 aromatic heterocycles. The summed E-state index contributed by atoms with van der Waals surface area (Å²) >= 11 is 0. The lowest BCUT2D eigenvalue weighted by Gasteiger charge is -2.48. The molecule has 1 aliphatic rings. The zero-order valence-electron chi connectivity index (χ0n) is 10.1. The van der Waals surface area contributed by atoms with Gasteiger partial charge in [-0.15, -0.1) is 0 Å². The maximum absolute atomic E-state index is 6.16. The van der Waals surface area contributed by atoms with E-state index in [0.29, 0.717) is 0 Å². The summed E-state index contributed by atoms with van der Waals surface area (Å²) in [6, 6.07) is 2.08. The molecule has 1 saturated heterocycles. The SMILES string of the molecule is CC[Si]1(CC)O[Si](C)(C)O[Si](C)(C)O1. The molecule has 0 aliphatic carbocycles. The summed E-state index contributed by atoms with van der Waals surface area (Å²) < 4.78 is 18.3. The van der Waals surface area contributed by atoms with Crippen LogP contribution in [0, 0.1) is 0 Å². The Hall–Kier alpha value is 0.531. The average molecular weight is 251 g/mol. The van der Waals surface area contributed by atoms with E-state index in [1.807, 2.05) is 0 Å². The van der Waals surface area contributed by atoms with Crippen molar-refractivity contribution in [3.8, 4) is 0 Å². The van der Waals surface area contributed by atoms with E-state index in [1.54, 1.807) is 0 Å². The van der Waals surface area contributed by atoms with E-state index < -0.39 is 25.7 Å². The van der Waals surface area contributed by atoms with Crippen LogP contribution in [0.25, 0.3) is 0 Å². The first-order chi connectivity index (χ1) is 6.24. The van der Waals surface area contributed by atoms with E-state index in [0.717, 1.165) is 12.1 Å². The van der Waals surface area contributed by atoms with Gasteiger partial charge in [-0.25, -0.2) is 0 Å². The van der Waals surface area contributed by atoms with Crippen molar-refractivity contribution in [1.82, 2.24) is 0 Å². The van der Waals surface area contributed by atoms with Crippen molar-refractivity contribution >= 4 is 25.7 Å². The highest BCUT2D eigenvalue weighted by Crippen LogP contribution is 2.34.